The fourth-order valence-electron chi connectivity index (χ4n) is 2.35. The molecule has 0 saturated heterocycles. The molecule has 0 aliphatic heterocycles. The topological polar surface area (TPSA) is 108 Å². The molecular formula is C16H14ClN3O4. The number of benzene rings is 1. The zero-order valence-corrected chi connectivity index (χ0v) is 13.4. The molecule has 3 N–H and O–H groups in total. The highest BCUT2D eigenvalue weighted by atomic mass is 35.5. The van der Waals surface area contributed by atoms with Gasteiger partial charge in [0.15, 0.2) is 0 Å². The number of carbonyl (C=O) groups excluding carboxylic acids is 1. The van der Waals surface area contributed by atoms with E-state index in [1.165, 1.54) is 6.20 Å². The molecule has 0 radical (unpaired) electrons. The zero-order chi connectivity index (χ0) is 17.3. The number of halogens is 1. The van der Waals surface area contributed by atoms with Gasteiger partial charge in [0.25, 0.3) is 5.56 Å². The van der Waals surface area contributed by atoms with Crippen molar-refractivity contribution < 1.29 is 9.21 Å². The molecule has 1 aromatic carbocycles. The van der Waals surface area contributed by atoms with Crippen molar-refractivity contribution in [1.82, 2.24) is 15.3 Å². The average molecular weight is 348 g/mol. The second-order valence-corrected chi connectivity index (χ2v) is 5.83. The van der Waals surface area contributed by atoms with Crippen LogP contribution in [0.1, 0.15) is 24.3 Å². The Bertz CT molecular complexity index is 1020. The maximum Gasteiger partial charge on any atom is 0.325 e. The number of aromatic nitrogens is 2. The van der Waals surface area contributed by atoms with Crippen LogP contribution >= 0.6 is 11.6 Å². The maximum atomic E-state index is 12.1. The Hall–Kier alpha value is -2.80. The highest BCUT2D eigenvalue weighted by Crippen LogP contribution is 2.26. The Morgan fingerprint density at radius 3 is 2.88 bits per heavy atom. The summed E-state index contributed by atoms with van der Waals surface area (Å²) in [6.45, 7) is 1.77. The van der Waals surface area contributed by atoms with Gasteiger partial charge in [0, 0.05) is 22.2 Å². The number of furan rings is 1. The minimum atomic E-state index is -0.613. The first-order valence-electron chi connectivity index (χ1n) is 7.21. The average Bonchev–Trinajstić information content (AvgIpc) is 2.93. The van der Waals surface area contributed by atoms with Crippen LogP contribution in [0.5, 0.6) is 0 Å². The Balaban J connectivity index is 1.73. The molecule has 8 heteroatoms. The normalized spacial score (nSPS) is 12.2. The summed E-state index contributed by atoms with van der Waals surface area (Å²) in [7, 11) is 0. The summed E-state index contributed by atoms with van der Waals surface area (Å²) in [4.78, 5) is 39.1. The largest absolute Gasteiger partial charge is 0.459 e. The Labute approximate surface area is 140 Å². The van der Waals surface area contributed by atoms with Crippen molar-refractivity contribution in [3.63, 3.8) is 0 Å². The molecule has 2 aromatic heterocycles. The fourth-order valence-corrected chi connectivity index (χ4v) is 2.53. The van der Waals surface area contributed by atoms with Gasteiger partial charge in [0.1, 0.15) is 11.3 Å². The van der Waals surface area contributed by atoms with Crippen molar-refractivity contribution in [3.05, 3.63) is 67.6 Å². The van der Waals surface area contributed by atoms with E-state index in [1.54, 1.807) is 31.2 Å². The van der Waals surface area contributed by atoms with Crippen LogP contribution in [-0.4, -0.2) is 15.9 Å². The number of hydrogen-bond donors (Lipinski definition) is 3. The zero-order valence-electron chi connectivity index (χ0n) is 12.7. The second kappa shape index (κ2) is 6.37. The van der Waals surface area contributed by atoms with Crippen LogP contribution < -0.4 is 16.6 Å². The number of carbonyl (C=O) groups is 1. The van der Waals surface area contributed by atoms with E-state index >= 15 is 0 Å². The number of nitrogens with one attached hydrogen (secondary N) is 3. The van der Waals surface area contributed by atoms with Crippen LogP contribution in [-0.2, 0) is 11.2 Å². The molecule has 7 nitrogen and oxygen atoms in total. The first-order chi connectivity index (χ1) is 11.4. The Morgan fingerprint density at radius 1 is 1.33 bits per heavy atom. The quantitative estimate of drug-likeness (QED) is 0.669. The molecule has 0 unspecified atom stereocenters. The highest BCUT2D eigenvalue weighted by Gasteiger charge is 2.15. The Morgan fingerprint density at radius 2 is 2.12 bits per heavy atom. The van der Waals surface area contributed by atoms with E-state index in [0.717, 1.165) is 5.39 Å². The van der Waals surface area contributed by atoms with Crippen LogP contribution in [0.25, 0.3) is 11.0 Å². The van der Waals surface area contributed by atoms with Crippen LogP contribution in [0.3, 0.4) is 0 Å². The van der Waals surface area contributed by atoms with E-state index in [0.29, 0.717) is 16.4 Å². The van der Waals surface area contributed by atoms with Gasteiger partial charge in [-0.1, -0.05) is 11.6 Å². The van der Waals surface area contributed by atoms with Crippen molar-refractivity contribution >= 4 is 28.5 Å². The standard InChI is InChI=1S/C16H14ClN3O4/c1-8(13-5-9-4-11(17)2-3-12(9)24-13)19-14(21)6-10-7-18-16(23)20-15(10)22/h2-5,7-8H,6H2,1H3,(H,19,21)(H2,18,20,22,23)/t8-/m0/s1. The van der Waals surface area contributed by atoms with Crippen molar-refractivity contribution in [2.45, 2.75) is 19.4 Å². The molecule has 3 aromatic rings. The number of aromatic amines is 2. The monoisotopic (exact) mass is 347 g/mol. The molecule has 0 aliphatic rings. The molecular weight excluding hydrogens is 334 g/mol. The molecule has 0 bridgehead atoms. The van der Waals surface area contributed by atoms with Crippen LogP contribution in [0.15, 0.2) is 44.5 Å². The van der Waals surface area contributed by atoms with Crippen molar-refractivity contribution in [2.75, 3.05) is 0 Å². The van der Waals surface area contributed by atoms with Crippen molar-refractivity contribution in [3.8, 4) is 0 Å². The predicted octanol–water partition coefficient (Wildman–Crippen LogP) is 1.88. The van der Waals surface area contributed by atoms with Gasteiger partial charge in [-0.2, -0.15) is 0 Å². The third kappa shape index (κ3) is 3.41. The molecule has 124 valence electrons. The molecule has 24 heavy (non-hydrogen) atoms. The van der Waals surface area contributed by atoms with Gasteiger partial charge < -0.3 is 14.7 Å². The van der Waals surface area contributed by atoms with Crippen LogP contribution in [0, 0.1) is 0 Å². The minimum absolute atomic E-state index is 0.150. The SMILES string of the molecule is C[C@H](NC(=O)Cc1c[nH]c(=O)[nH]c1=O)c1cc2cc(Cl)ccc2o1. The lowest BCUT2D eigenvalue weighted by atomic mass is 10.2. The smallest absolute Gasteiger partial charge is 0.325 e. The predicted molar refractivity (Wildman–Crippen MR) is 89.2 cm³/mol. The van der Waals surface area contributed by atoms with Crippen LogP contribution in [0.2, 0.25) is 5.02 Å². The molecule has 2 heterocycles. The van der Waals surface area contributed by atoms with Gasteiger partial charge in [-0.3, -0.25) is 14.6 Å². The van der Waals surface area contributed by atoms with E-state index in [-0.39, 0.29) is 23.9 Å². The number of hydrogen-bond acceptors (Lipinski definition) is 4. The lowest BCUT2D eigenvalue weighted by Gasteiger charge is -2.11. The summed E-state index contributed by atoms with van der Waals surface area (Å²) in [5.74, 6) is 0.217. The van der Waals surface area contributed by atoms with Gasteiger partial charge in [-0.25, -0.2) is 4.79 Å². The summed E-state index contributed by atoms with van der Waals surface area (Å²) in [6.07, 6.45) is 1.08. The van der Waals surface area contributed by atoms with E-state index in [4.69, 9.17) is 16.0 Å². The molecule has 1 amide bonds. The summed E-state index contributed by atoms with van der Waals surface area (Å²) in [6, 6.07) is 6.68. The van der Waals surface area contributed by atoms with E-state index in [2.05, 4.69) is 15.3 Å². The van der Waals surface area contributed by atoms with E-state index in [9.17, 15) is 14.4 Å². The maximum absolute atomic E-state index is 12.1. The third-order valence-corrected chi connectivity index (χ3v) is 3.78. The van der Waals surface area contributed by atoms with Gasteiger partial charge in [0.2, 0.25) is 5.91 Å². The lowest BCUT2D eigenvalue weighted by Crippen LogP contribution is -2.32. The lowest BCUT2D eigenvalue weighted by molar-refractivity contribution is -0.121. The molecule has 0 saturated carbocycles. The van der Waals surface area contributed by atoms with Gasteiger partial charge in [0.05, 0.1) is 12.5 Å². The first-order valence-corrected chi connectivity index (χ1v) is 7.59. The number of amides is 1. The van der Waals surface area contributed by atoms with Gasteiger partial charge >= 0.3 is 5.69 Å². The van der Waals surface area contributed by atoms with E-state index < -0.39 is 11.2 Å². The third-order valence-electron chi connectivity index (χ3n) is 3.55. The first kappa shape index (κ1) is 16.1. The molecule has 1 atom stereocenters. The molecule has 0 fully saturated rings. The van der Waals surface area contributed by atoms with E-state index in [1.807, 2.05) is 0 Å². The van der Waals surface area contributed by atoms with Gasteiger partial charge in [-0.05, 0) is 31.2 Å². The number of rotatable bonds is 4. The highest BCUT2D eigenvalue weighted by molar-refractivity contribution is 6.31. The summed E-state index contributed by atoms with van der Waals surface area (Å²) in [5.41, 5.74) is -0.346. The molecule has 0 aliphatic carbocycles. The van der Waals surface area contributed by atoms with Crippen molar-refractivity contribution in [2.24, 2.45) is 0 Å². The Kier molecular flexibility index (Phi) is 4.26. The molecule has 0 spiro atoms. The molecule has 3 rings (SSSR count). The van der Waals surface area contributed by atoms with Gasteiger partial charge in [-0.15, -0.1) is 0 Å². The fraction of sp³-hybridized carbons (Fsp3) is 0.188. The minimum Gasteiger partial charge on any atom is -0.459 e. The van der Waals surface area contributed by atoms with Crippen LogP contribution in [0.4, 0.5) is 0 Å². The second-order valence-electron chi connectivity index (χ2n) is 5.39. The number of H-pyrrole nitrogens is 2. The van der Waals surface area contributed by atoms with Crippen molar-refractivity contribution in [1.29, 1.82) is 0 Å². The summed E-state index contributed by atoms with van der Waals surface area (Å²) >= 11 is 5.94. The summed E-state index contributed by atoms with van der Waals surface area (Å²) < 4.78 is 5.69. The number of fused-ring (bicyclic) bond motifs is 1. The summed E-state index contributed by atoms with van der Waals surface area (Å²) in [5, 5.41) is 4.20.